The van der Waals surface area contributed by atoms with Gasteiger partial charge in [0.1, 0.15) is 11.6 Å². The Kier molecular flexibility index (Phi) is 3.96. The van der Waals surface area contributed by atoms with Crippen LogP contribution in [0.25, 0.3) is 0 Å². The maximum atomic E-state index is 13.6. The van der Waals surface area contributed by atoms with Gasteiger partial charge in [-0.3, -0.25) is 0 Å². The molecular weight excluding hydrogens is 278 g/mol. The smallest absolute Gasteiger partial charge is 0.232 e. The first-order chi connectivity index (χ1) is 10.1. The van der Waals surface area contributed by atoms with Crippen LogP contribution >= 0.6 is 0 Å². The minimum absolute atomic E-state index is 0.137. The number of aromatic nitrogens is 2. The Hall–Kier alpha value is -1.82. The molecule has 1 saturated carbocycles. The van der Waals surface area contributed by atoms with Crippen molar-refractivity contribution in [1.82, 2.24) is 10.1 Å². The fourth-order valence-electron chi connectivity index (χ4n) is 2.72. The van der Waals surface area contributed by atoms with Gasteiger partial charge in [0.15, 0.2) is 5.82 Å². The minimum Gasteiger partial charge on any atom is -0.392 e. The lowest BCUT2D eigenvalue weighted by Gasteiger charge is -2.24. The predicted octanol–water partition coefficient (Wildman–Crippen LogP) is 2.96. The number of benzene rings is 1. The van der Waals surface area contributed by atoms with Crippen molar-refractivity contribution in [3.8, 4) is 0 Å². The maximum absolute atomic E-state index is 13.6. The minimum atomic E-state index is -0.626. The van der Waals surface area contributed by atoms with Crippen LogP contribution < -0.4 is 0 Å². The number of hydrogen-bond acceptors (Lipinski definition) is 4. The molecule has 0 amide bonds. The van der Waals surface area contributed by atoms with Crippen LogP contribution in [0.5, 0.6) is 0 Å². The lowest BCUT2D eigenvalue weighted by molar-refractivity contribution is 0.0908. The van der Waals surface area contributed by atoms with Crippen LogP contribution in [0.2, 0.25) is 0 Å². The van der Waals surface area contributed by atoms with E-state index in [9.17, 15) is 13.9 Å². The van der Waals surface area contributed by atoms with Crippen molar-refractivity contribution in [1.29, 1.82) is 0 Å². The average molecular weight is 294 g/mol. The van der Waals surface area contributed by atoms with Gasteiger partial charge < -0.3 is 9.63 Å². The highest BCUT2D eigenvalue weighted by Crippen LogP contribution is 2.32. The summed E-state index contributed by atoms with van der Waals surface area (Å²) in [4.78, 5) is 4.24. The summed E-state index contributed by atoms with van der Waals surface area (Å²) in [7, 11) is 0. The molecule has 1 aliphatic carbocycles. The molecule has 2 atom stereocenters. The normalized spacial score (nSPS) is 22.4. The molecule has 4 nitrogen and oxygen atoms in total. The zero-order chi connectivity index (χ0) is 14.8. The van der Waals surface area contributed by atoms with Crippen molar-refractivity contribution in [3.05, 3.63) is 47.1 Å². The van der Waals surface area contributed by atoms with Crippen molar-refractivity contribution in [3.63, 3.8) is 0 Å². The molecule has 21 heavy (non-hydrogen) atoms. The van der Waals surface area contributed by atoms with Crippen molar-refractivity contribution in [2.45, 2.75) is 44.1 Å². The van der Waals surface area contributed by atoms with Crippen molar-refractivity contribution >= 4 is 0 Å². The Morgan fingerprint density at radius 3 is 2.81 bits per heavy atom. The van der Waals surface area contributed by atoms with E-state index in [1.54, 1.807) is 0 Å². The molecule has 1 N–H and O–H groups in total. The Labute approximate surface area is 120 Å². The van der Waals surface area contributed by atoms with Gasteiger partial charge in [-0.25, -0.2) is 8.78 Å². The molecule has 3 rings (SSSR count). The van der Waals surface area contributed by atoms with E-state index in [0.717, 1.165) is 31.7 Å². The molecule has 0 aliphatic heterocycles. The van der Waals surface area contributed by atoms with Crippen LogP contribution in [-0.4, -0.2) is 21.4 Å². The highest BCUT2D eigenvalue weighted by molar-refractivity contribution is 5.21. The molecule has 1 fully saturated rings. The second-order valence-corrected chi connectivity index (χ2v) is 5.42. The predicted molar refractivity (Wildman–Crippen MR) is 70.7 cm³/mol. The summed E-state index contributed by atoms with van der Waals surface area (Å²) in [5.41, 5.74) is 0.313. The van der Waals surface area contributed by atoms with E-state index in [1.165, 1.54) is 12.1 Å². The lowest BCUT2D eigenvalue weighted by Crippen LogP contribution is -2.22. The zero-order valence-electron chi connectivity index (χ0n) is 11.4. The molecule has 2 unspecified atom stereocenters. The Balaban J connectivity index is 1.75. The molecule has 2 aromatic rings. The third-order valence-electron chi connectivity index (χ3n) is 3.89. The monoisotopic (exact) mass is 294 g/mol. The maximum Gasteiger partial charge on any atom is 0.232 e. The number of aliphatic hydroxyl groups excluding tert-OH is 1. The number of rotatable bonds is 3. The molecule has 0 saturated heterocycles. The molecule has 1 heterocycles. The van der Waals surface area contributed by atoms with Gasteiger partial charge in [0.2, 0.25) is 5.89 Å². The van der Waals surface area contributed by atoms with E-state index in [0.29, 0.717) is 17.3 Å². The largest absolute Gasteiger partial charge is 0.392 e. The summed E-state index contributed by atoms with van der Waals surface area (Å²) < 4.78 is 31.6. The van der Waals surface area contributed by atoms with Crippen LogP contribution in [0.1, 0.15) is 48.9 Å². The number of halogens is 2. The first-order valence-electron chi connectivity index (χ1n) is 7.08. The SMILES string of the molecule is OC1CCCCC1c1nc(Cc2ccc(F)cc2F)no1. The van der Waals surface area contributed by atoms with Crippen LogP contribution in [0.15, 0.2) is 22.7 Å². The molecule has 6 heteroatoms. The fourth-order valence-corrected chi connectivity index (χ4v) is 2.72. The van der Waals surface area contributed by atoms with Gasteiger partial charge in [-0.15, -0.1) is 0 Å². The van der Waals surface area contributed by atoms with E-state index in [2.05, 4.69) is 10.1 Å². The third-order valence-corrected chi connectivity index (χ3v) is 3.89. The molecule has 112 valence electrons. The van der Waals surface area contributed by atoms with E-state index in [-0.39, 0.29) is 12.3 Å². The van der Waals surface area contributed by atoms with Crippen LogP contribution in [0.3, 0.4) is 0 Å². The molecule has 0 spiro atoms. The zero-order valence-corrected chi connectivity index (χ0v) is 11.4. The molecule has 1 aliphatic rings. The van der Waals surface area contributed by atoms with E-state index in [1.807, 2.05) is 0 Å². The molecule has 0 radical (unpaired) electrons. The van der Waals surface area contributed by atoms with Gasteiger partial charge in [-0.05, 0) is 24.5 Å². The van der Waals surface area contributed by atoms with E-state index in [4.69, 9.17) is 4.52 Å². The Morgan fingerprint density at radius 1 is 1.24 bits per heavy atom. The van der Waals surface area contributed by atoms with Crippen molar-refractivity contribution in [2.75, 3.05) is 0 Å². The first-order valence-corrected chi connectivity index (χ1v) is 7.08. The van der Waals surface area contributed by atoms with Gasteiger partial charge in [-0.1, -0.05) is 24.1 Å². The molecular formula is C15H16F2N2O2. The first kappa shape index (κ1) is 14.1. The summed E-state index contributed by atoms with van der Waals surface area (Å²) in [6, 6.07) is 3.40. The van der Waals surface area contributed by atoms with Crippen molar-refractivity contribution < 1.29 is 18.4 Å². The Bertz CT molecular complexity index is 630. The van der Waals surface area contributed by atoms with Gasteiger partial charge in [0, 0.05) is 12.5 Å². The van der Waals surface area contributed by atoms with Gasteiger partial charge in [0.25, 0.3) is 0 Å². The van der Waals surface area contributed by atoms with Crippen LogP contribution in [-0.2, 0) is 6.42 Å². The second kappa shape index (κ2) is 5.89. The molecule has 1 aromatic heterocycles. The van der Waals surface area contributed by atoms with Gasteiger partial charge in [0.05, 0.1) is 12.0 Å². The summed E-state index contributed by atoms with van der Waals surface area (Å²) in [5.74, 6) is -0.638. The van der Waals surface area contributed by atoms with Gasteiger partial charge >= 0.3 is 0 Å². The summed E-state index contributed by atoms with van der Waals surface area (Å²) in [6.07, 6.45) is 3.24. The number of aliphatic hydroxyl groups is 1. The lowest BCUT2D eigenvalue weighted by atomic mass is 9.86. The number of nitrogens with zero attached hydrogens (tertiary/aromatic N) is 2. The van der Waals surface area contributed by atoms with E-state index >= 15 is 0 Å². The van der Waals surface area contributed by atoms with Crippen molar-refractivity contribution in [2.24, 2.45) is 0 Å². The Morgan fingerprint density at radius 2 is 2.05 bits per heavy atom. The second-order valence-electron chi connectivity index (χ2n) is 5.42. The highest BCUT2D eigenvalue weighted by atomic mass is 19.1. The summed E-state index contributed by atoms with van der Waals surface area (Å²) in [6.45, 7) is 0. The summed E-state index contributed by atoms with van der Waals surface area (Å²) in [5, 5.41) is 13.8. The average Bonchev–Trinajstić information content (AvgIpc) is 2.91. The van der Waals surface area contributed by atoms with Gasteiger partial charge in [-0.2, -0.15) is 4.98 Å². The fraction of sp³-hybridized carbons (Fsp3) is 0.467. The van der Waals surface area contributed by atoms with Crippen LogP contribution in [0, 0.1) is 11.6 Å². The van der Waals surface area contributed by atoms with Crippen LogP contribution in [0.4, 0.5) is 8.78 Å². The third kappa shape index (κ3) is 3.10. The topological polar surface area (TPSA) is 59.2 Å². The molecule has 0 bridgehead atoms. The number of hydrogen-bond donors (Lipinski definition) is 1. The standard InChI is InChI=1S/C15H16F2N2O2/c16-10-6-5-9(12(17)8-10)7-14-18-15(21-19-14)11-3-1-2-4-13(11)20/h5-6,8,11,13,20H,1-4,7H2. The highest BCUT2D eigenvalue weighted by Gasteiger charge is 2.29. The summed E-state index contributed by atoms with van der Waals surface area (Å²) >= 11 is 0. The molecule has 1 aromatic carbocycles. The van der Waals surface area contributed by atoms with E-state index < -0.39 is 17.7 Å². The quantitative estimate of drug-likeness (QED) is 0.945.